The molecule has 0 aromatic rings. The summed E-state index contributed by atoms with van der Waals surface area (Å²) >= 11 is 0. The van der Waals surface area contributed by atoms with Gasteiger partial charge in [0.25, 0.3) is 0 Å². The normalized spacial score (nSPS) is 11.6. The molecule has 0 saturated carbocycles. The Morgan fingerprint density at radius 3 is 2.24 bits per heavy atom. The summed E-state index contributed by atoms with van der Waals surface area (Å²) in [5.74, 6) is -0.935. The minimum Gasteiger partial charge on any atom is -0.469 e. The molecule has 0 radical (unpaired) electrons. The van der Waals surface area contributed by atoms with E-state index in [9.17, 15) is 19.7 Å². The Morgan fingerprint density at radius 1 is 1.18 bits per heavy atom. The molecule has 0 spiro atoms. The van der Waals surface area contributed by atoms with Gasteiger partial charge in [0, 0.05) is 17.8 Å². The number of ether oxygens (including phenoxy) is 2. The summed E-state index contributed by atoms with van der Waals surface area (Å²) in [4.78, 5) is 31.8. The first-order chi connectivity index (χ1) is 8.01. The van der Waals surface area contributed by atoms with E-state index in [1.54, 1.807) is 0 Å². The van der Waals surface area contributed by atoms with E-state index < -0.39 is 16.9 Å². The van der Waals surface area contributed by atoms with E-state index in [4.69, 9.17) is 0 Å². The largest absolute Gasteiger partial charge is 0.469 e. The second kappa shape index (κ2) is 8.49. The molecule has 0 amide bonds. The zero-order chi connectivity index (χ0) is 13.3. The number of nitrogens with zero attached hydrogens (tertiary/aromatic N) is 1. The third-order valence-electron chi connectivity index (χ3n) is 2.32. The molecule has 98 valence electrons. The van der Waals surface area contributed by atoms with E-state index in [1.165, 1.54) is 14.2 Å². The Morgan fingerprint density at radius 2 is 1.76 bits per heavy atom. The Hall–Kier alpha value is -1.66. The average Bonchev–Trinajstić information content (AvgIpc) is 2.31. The minimum absolute atomic E-state index is 0.234. The Balaban J connectivity index is 3.90. The minimum atomic E-state index is -0.944. The highest BCUT2D eigenvalue weighted by molar-refractivity contribution is 5.69. The lowest BCUT2D eigenvalue weighted by Crippen LogP contribution is -2.23. The molecule has 17 heavy (non-hydrogen) atoms. The highest BCUT2D eigenvalue weighted by atomic mass is 16.6. The number of hydrogen-bond acceptors (Lipinski definition) is 6. The number of nitro groups is 1. The van der Waals surface area contributed by atoms with Crippen molar-refractivity contribution < 1.29 is 24.0 Å². The van der Waals surface area contributed by atoms with Crippen molar-refractivity contribution in [2.45, 2.75) is 38.1 Å². The molecule has 0 aliphatic carbocycles. The fourth-order valence-electron chi connectivity index (χ4n) is 1.31. The molecule has 0 bridgehead atoms. The highest BCUT2D eigenvalue weighted by Crippen LogP contribution is 2.10. The lowest BCUT2D eigenvalue weighted by molar-refractivity contribution is -0.522. The molecule has 0 aromatic heterocycles. The lowest BCUT2D eigenvalue weighted by Gasteiger charge is -2.07. The molecule has 1 unspecified atom stereocenters. The Bertz CT molecular complexity index is 278. The summed E-state index contributed by atoms with van der Waals surface area (Å²) in [5, 5.41) is 10.6. The third kappa shape index (κ3) is 7.26. The summed E-state index contributed by atoms with van der Waals surface area (Å²) in [6, 6.07) is -0.944. The predicted molar refractivity (Wildman–Crippen MR) is 57.9 cm³/mol. The summed E-state index contributed by atoms with van der Waals surface area (Å²) in [6.45, 7) is 0. The van der Waals surface area contributed by atoms with Crippen molar-refractivity contribution in [1.82, 2.24) is 0 Å². The van der Waals surface area contributed by atoms with E-state index in [-0.39, 0.29) is 25.2 Å². The van der Waals surface area contributed by atoms with Crippen LogP contribution in [0.5, 0.6) is 0 Å². The SMILES string of the molecule is COC(=O)CCCCC(CC(=O)OC)[N+](=O)[O-]. The summed E-state index contributed by atoms with van der Waals surface area (Å²) in [5.41, 5.74) is 0. The van der Waals surface area contributed by atoms with Gasteiger partial charge >= 0.3 is 11.9 Å². The average molecular weight is 247 g/mol. The van der Waals surface area contributed by atoms with Crippen molar-refractivity contribution >= 4 is 11.9 Å². The molecule has 1 atom stereocenters. The first-order valence-electron chi connectivity index (χ1n) is 5.28. The Labute approximate surface area is 99.2 Å². The monoisotopic (exact) mass is 247 g/mol. The van der Waals surface area contributed by atoms with Crippen LogP contribution in [0.4, 0.5) is 0 Å². The maximum atomic E-state index is 10.9. The maximum Gasteiger partial charge on any atom is 0.312 e. The van der Waals surface area contributed by atoms with Gasteiger partial charge in [0.05, 0.1) is 14.2 Å². The van der Waals surface area contributed by atoms with Gasteiger partial charge in [-0.3, -0.25) is 19.7 Å². The van der Waals surface area contributed by atoms with E-state index >= 15 is 0 Å². The Kier molecular flexibility index (Phi) is 7.66. The zero-order valence-electron chi connectivity index (χ0n) is 10.0. The van der Waals surface area contributed by atoms with Crippen molar-refractivity contribution in [2.24, 2.45) is 0 Å². The van der Waals surface area contributed by atoms with Crippen LogP contribution in [0.3, 0.4) is 0 Å². The molecule has 7 nitrogen and oxygen atoms in total. The lowest BCUT2D eigenvalue weighted by atomic mass is 10.1. The van der Waals surface area contributed by atoms with Crippen LogP contribution in [-0.2, 0) is 19.1 Å². The number of unbranched alkanes of at least 4 members (excludes halogenated alkanes) is 1. The summed E-state index contributed by atoms with van der Waals surface area (Å²) < 4.78 is 8.82. The molecule has 0 rings (SSSR count). The molecule has 0 aliphatic heterocycles. The smallest absolute Gasteiger partial charge is 0.312 e. The molecular formula is C10H17NO6. The van der Waals surface area contributed by atoms with Gasteiger partial charge in [0.2, 0.25) is 6.04 Å². The molecule has 0 aliphatic rings. The van der Waals surface area contributed by atoms with Crippen LogP contribution >= 0.6 is 0 Å². The van der Waals surface area contributed by atoms with Gasteiger partial charge in [-0.05, 0) is 12.8 Å². The molecule has 7 heteroatoms. The van der Waals surface area contributed by atoms with Gasteiger partial charge in [-0.25, -0.2) is 0 Å². The summed E-state index contributed by atoms with van der Waals surface area (Å²) in [7, 11) is 2.48. The second-order valence-corrected chi connectivity index (χ2v) is 3.54. The maximum absolute atomic E-state index is 10.9. The van der Waals surface area contributed by atoms with Gasteiger partial charge in [-0.1, -0.05) is 0 Å². The number of esters is 2. The molecule has 0 aromatic carbocycles. The van der Waals surface area contributed by atoms with Crippen molar-refractivity contribution in [3.63, 3.8) is 0 Å². The molecule has 0 fully saturated rings. The number of carbonyl (C=O) groups excluding carboxylic acids is 2. The first-order valence-corrected chi connectivity index (χ1v) is 5.28. The topological polar surface area (TPSA) is 95.7 Å². The van der Waals surface area contributed by atoms with Crippen LogP contribution in [0.25, 0.3) is 0 Å². The molecule has 0 saturated heterocycles. The second-order valence-electron chi connectivity index (χ2n) is 3.54. The number of hydrogen-bond donors (Lipinski definition) is 0. The van der Waals surface area contributed by atoms with E-state index in [2.05, 4.69) is 9.47 Å². The molecule has 0 heterocycles. The van der Waals surface area contributed by atoms with Gasteiger partial charge in [-0.2, -0.15) is 0 Å². The number of rotatable bonds is 8. The van der Waals surface area contributed by atoms with Crippen LogP contribution in [0, 0.1) is 10.1 Å². The van der Waals surface area contributed by atoms with Gasteiger partial charge in [0.1, 0.15) is 6.42 Å². The van der Waals surface area contributed by atoms with Crippen LogP contribution in [0.2, 0.25) is 0 Å². The van der Waals surface area contributed by atoms with Gasteiger partial charge in [0.15, 0.2) is 0 Å². The molecular weight excluding hydrogens is 230 g/mol. The molecule has 0 N–H and O–H groups in total. The third-order valence-corrected chi connectivity index (χ3v) is 2.32. The van der Waals surface area contributed by atoms with Crippen molar-refractivity contribution in [1.29, 1.82) is 0 Å². The summed E-state index contributed by atoms with van der Waals surface area (Å²) in [6.07, 6.45) is 1.26. The fraction of sp³-hybridized carbons (Fsp3) is 0.800. The van der Waals surface area contributed by atoms with Crippen LogP contribution in [0.15, 0.2) is 0 Å². The van der Waals surface area contributed by atoms with E-state index in [0.717, 1.165) is 0 Å². The quantitative estimate of drug-likeness (QED) is 0.274. The predicted octanol–water partition coefficient (Wildman–Crippen LogP) is 0.928. The van der Waals surface area contributed by atoms with Crippen LogP contribution in [0.1, 0.15) is 32.1 Å². The standard InChI is InChI=1S/C10H17NO6/c1-16-9(12)6-4-3-5-8(11(14)15)7-10(13)17-2/h8H,3-7H2,1-2H3. The van der Waals surface area contributed by atoms with Crippen molar-refractivity contribution in [2.75, 3.05) is 14.2 Å². The van der Waals surface area contributed by atoms with Crippen molar-refractivity contribution in [3.05, 3.63) is 10.1 Å². The highest BCUT2D eigenvalue weighted by Gasteiger charge is 2.23. The van der Waals surface area contributed by atoms with Gasteiger partial charge < -0.3 is 9.47 Å². The van der Waals surface area contributed by atoms with Crippen molar-refractivity contribution in [3.8, 4) is 0 Å². The van der Waals surface area contributed by atoms with Gasteiger partial charge in [-0.15, -0.1) is 0 Å². The van der Waals surface area contributed by atoms with Crippen LogP contribution < -0.4 is 0 Å². The zero-order valence-corrected chi connectivity index (χ0v) is 10.0. The van der Waals surface area contributed by atoms with E-state index in [0.29, 0.717) is 12.8 Å². The fourth-order valence-corrected chi connectivity index (χ4v) is 1.31. The number of methoxy groups -OCH3 is 2. The number of carbonyl (C=O) groups is 2. The first kappa shape index (κ1) is 15.3. The van der Waals surface area contributed by atoms with Crippen LogP contribution in [-0.4, -0.2) is 37.1 Å². The van der Waals surface area contributed by atoms with E-state index in [1.807, 2.05) is 0 Å².